The van der Waals surface area contributed by atoms with E-state index in [1.54, 1.807) is 0 Å². The molecule has 1 heteroatoms. The Morgan fingerprint density at radius 2 is 0.931 bits per heavy atom. The van der Waals surface area contributed by atoms with Crippen molar-refractivity contribution in [3.63, 3.8) is 0 Å². The van der Waals surface area contributed by atoms with Crippen molar-refractivity contribution in [3.8, 4) is 33.4 Å². The minimum absolute atomic E-state index is 0.0421. The zero-order valence-electron chi connectivity index (χ0n) is 37.2. The van der Waals surface area contributed by atoms with Gasteiger partial charge in [-0.15, -0.1) is 0 Å². The molecular weight excluding hydrogens is 699 g/mol. The second kappa shape index (κ2) is 14.7. The summed E-state index contributed by atoms with van der Waals surface area (Å²) in [5, 5.41) is 0. The van der Waals surface area contributed by atoms with Crippen LogP contribution < -0.4 is 4.90 Å². The molecule has 1 fully saturated rings. The largest absolute Gasteiger partial charge is 0.310 e. The van der Waals surface area contributed by atoms with Crippen LogP contribution >= 0.6 is 0 Å². The first-order chi connectivity index (χ1) is 27.4. The van der Waals surface area contributed by atoms with Crippen molar-refractivity contribution in [3.05, 3.63) is 161 Å². The summed E-state index contributed by atoms with van der Waals surface area (Å²) < 4.78 is 0. The zero-order chi connectivity index (χ0) is 41.2. The number of hydrogen-bond donors (Lipinski definition) is 0. The third kappa shape index (κ3) is 7.70. The molecule has 8 rings (SSSR count). The molecule has 2 aliphatic carbocycles. The Bertz CT molecular complexity index is 2400. The standard InChI is InChI=1S/C57H65N/c1-54(2,3)44-31-42(32-45(35-44)55(4,5)6)40-21-23-41(24-22-40)43-33-46(56(7,8)9)36-49(34-43)58(47-27-25-39(26-28-47)38-17-13-12-14-18-38)48-29-30-51-50-19-15-16-20-52(50)57(10,11)53(51)37-48/h15-16,19-38H,12-14,17-18H2,1-11H3. The van der Waals surface area contributed by atoms with Crippen LogP contribution in [0.1, 0.15) is 148 Å². The second-order valence-corrected chi connectivity index (χ2v) is 21.1. The summed E-state index contributed by atoms with van der Waals surface area (Å²) in [6.07, 6.45) is 6.67. The summed E-state index contributed by atoms with van der Waals surface area (Å²) in [4.78, 5) is 2.52. The molecule has 6 aromatic carbocycles. The summed E-state index contributed by atoms with van der Waals surface area (Å²) in [5.41, 5.74) is 19.7. The van der Waals surface area contributed by atoms with Crippen LogP contribution in [0.3, 0.4) is 0 Å². The molecule has 0 aromatic heterocycles. The van der Waals surface area contributed by atoms with Crippen LogP contribution in [0, 0.1) is 0 Å². The number of rotatable bonds is 6. The molecule has 0 aliphatic heterocycles. The molecule has 2 aliphatic rings. The van der Waals surface area contributed by atoms with E-state index in [-0.39, 0.29) is 21.7 Å². The molecule has 6 aromatic rings. The van der Waals surface area contributed by atoms with Crippen molar-refractivity contribution in [1.82, 2.24) is 0 Å². The van der Waals surface area contributed by atoms with E-state index in [2.05, 4.69) is 208 Å². The highest BCUT2D eigenvalue weighted by Gasteiger charge is 2.36. The summed E-state index contributed by atoms with van der Waals surface area (Å²) in [6.45, 7) is 25.7. The SMILES string of the molecule is CC(C)(C)c1cc(-c2ccc(-c3cc(C(C)(C)C)cc(C(C)(C)C)c3)cc2)cc(N(c2ccc(C3CCCCC3)cc2)c2ccc3c(c2)C(C)(C)c2ccccc2-3)c1. The summed E-state index contributed by atoms with van der Waals surface area (Å²) in [5.74, 6) is 0.672. The molecule has 0 spiro atoms. The molecule has 58 heavy (non-hydrogen) atoms. The van der Waals surface area contributed by atoms with Gasteiger partial charge in [-0.2, -0.15) is 0 Å². The Hall–Kier alpha value is -4.88. The van der Waals surface area contributed by atoms with Gasteiger partial charge in [0.25, 0.3) is 0 Å². The van der Waals surface area contributed by atoms with Crippen LogP contribution in [-0.2, 0) is 21.7 Å². The molecular formula is C57H65N. The predicted octanol–water partition coefficient (Wildman–Crippen LogP) is 16.7. The lowest BCUT2D eigenvalue weighted by atomic mass is 9.79. The van der Waals surface area contributed by atoms with Gasteiger partial charge in [0.15, 0.2) is 0 Å². The van der Waals surface area contributed by atoms with E-state index in [0.29, 0.717) is 5.92 Å². The summed E-state index contributed by atoms with van der Waals surface area (Å²) in [6, 6.07) is 49.6. The molecule has 0 saturated heterocycles. The van der Waals surface area contributed by atoms with Crippen LogP contribution in [0.25, 0.3) is 33.4 Å². The Morgan fingerprint density at radius 1 is 0.431 bits per heavy atom. The van der Waals surface area contributed by atoms with Gasteiger partial charge in [-0.25, -0.2) is 0 Å². The predicted molar refractivity (Wildman–Crippen MR) is 251 cm³/mol. The van der Waals surface area contributed by atoms with E-state index < -0.39 is 0 Å². The molecule has 0 heterocycles. The van der Waals surface area contributed by atoms with Gasteiger partial charge in [0.2, 0.25) is 0 Å². The monoisotopic (exact) mass is 764 g/mol. The first-order valence-corrected chi connectivity index (χ1v) is 21.9. The Morgan fingerprint density at radius 3 is 1.50 bits per heavy atom. The van der Waals surface area contributed by atoms with Crippen molar-refractivity contribution < 1.29 is 0 Å². The first-order valence-electron chi connectivity index (χ1n) is 21.9. The highest BCUT2D eigenvalue weighted by molar-refractivity contribution is 5.87. The molecule has 0 radical (unpaired) electrons. The number of fused-ring (bicyclic) bond motifs is 3. The molecule has 0 unspecified atom stereocenters. The third-order valence-corrected chi connectivity index (χ3v) is 13.3. The topological polar surface area (TPSA) is 3.24 Å². The number of anilines is 3. The highest BCUT2D eigenvalue weighted by atomic mass is 15.1. The highest BCUT2D eigenvalue weighted by Crippen LogP contribution is 2.51. The fourth-order valence-corrected chi connectivity index (χ4v) is 9.47. The van der Waals surface area contributed by atoms with Crippen LogP contribution in [0.15, 0.2) is 127 Å². The second-order valence-electron chi connectivity index (χ2n) is 21.1. The maximum Gasteiger partial charge on any atom is 0.0470 e. The molecule has 1 saturated carbocycles. The molecule has 0 atom stereocenters. The van der Waals surface area contributed by atoms with Crippen molar-refractivity contribution in [1.29, 1.82) is 0 Å². The lowest BCUT2D eigenvalue weighted by Gasteiger charge is -2.31. The van der Waals surface area contributed by atoms with Gasteiger partial charge in [-0.1, -0.05) is 186 Å². The number of benzene rings is 6. The van der Waals surface area contributed by atoms with Gasteiger partial charge in [0.1, 0.15) is 0 Å². The maximum atomic E-state index is 2.52. The van der Waals surface area contributed by atoms with Crippen molar-refractivity contribution >= 4 is 17.1 Å². The quantitative estimate of drug-likeness (QED) is 0.163. The zero-order valence-corrected chi connectivity index (χ0v) is 37.2. The third-order valence-electron chi connectivity index (χ3n) is 13.3. The van der Waals surface area contributed by atoms with E-state index in [4.69, 9.17) is 0 Å². The van der Waals surface area contributed by atoms with Crippen LogP contribution in [0.2, 0.25) is 0 Å². The fourth-order valence-electron chi connectivity index (χ4n) is 9.47. The van der Waals surface area contributed by atoms with Crippen molar-refractivity contribution in [2.75, 3.05) is 4.90 Å². The molecule has 0 bridgehead atoms. The Balaban J connectivity index is 1.25. The smallest absolute Gasteiger partial charge is 0.0470 e. The van der Waals surface area contributed by atoms with Crippen LogP contribution in [0.5, 0.6) is 0 Å². The molecule has 0 N–H and O–H groups in total. The van der Waals surface area contributed by atoms with Gasteiger partial charge in [-0.3, -0.25) is 0 Å². The Kier molecular flexibility index (Phi) is 10.1. The van der Waals surface area contributed by atoms with Crippen LogP contribution in [-0.4, -0.2) is 0 Å². The first kappa shape index (κ1) is 39.9. The van der Waals surface area contributed by atoms with E-state index in [1.807, 2.05) is 0 Å². The van der Waals surface area contributed by atoms with E-state index in [0.717, 1.165) is 0 Å². The average Bonchev–Trinajstić information content (AvgIpc) is 3.43. The lowest BCUT2D eigenvalue weighted by molar-refractivity contribution is 0.443. The molecule has 298 valence electrons. The van der Waals surface area contributed by atoms with Crippen LogP contribution in [0.4, 0.5) is 17.1 Å². The van der Waals surface area contributed by atoms with Crippen molar-refractivity contribution in [2.24, 2.45) is 0 Å². The minimum atomic E-state index is -0.0847. The lowest BCUT2D eigenvalue weighted by Crippen LogP contribution is -2.17. The van der Waals surface area contributed by atoms with Gasteiger partial charge in [0, 0.05) is 22.5 Å². The van der Waals surface area contributed by atoms with Gasteiger partial charge < -0.3 is 4.90 Å². The van der Waals surface area contributed by atoms with Gasteiger partial charge in [0.05, 0.1) is 0 Å². The van der Waals surface area contributed by atoms with E-state index >= 15 is 0 Å². The molecule has 0 amide bonds. The summed E-state index contributed by atoms with van der Waals surface area (Å²) in [7, 11) is 0. The molecule has 1 nitrogen and oxygen atoms in total. The average molecular weight is 764 g/mol. The maximum absolute atomic E-state index is 2.52. The number of nitrogens with zero attached hydrogens (tertiary/aromatic N) is 1. The van der Waals surface area contributed by atoms with Gasteiger partial charge in [-0.05, 0) is 138 Å². The minimum Gasteiger partial charge on any atom is -0.310 e. The van der Waals surface area contributed by atoms with Gasteiger partial charge >= 0.3 is 0 Å². The summed E-state index contributed by atoms with van der Waals surface area (Å²) >= 11 is 0. The fraction of sp³-hybridized carbons (Fsp3) is 0.368. The van der Waals surface area contributed by atoms with E-state index in [1.165, 1.54) is 116 Å². The Labute approximate surface area is 350 Å². The number of hydrogen-bond acceptors (Lipinski definition) is 1. The van der Waals surface area contributed by atoms with E-state index in [9.17, 15) is 0 Å². The van der Waals surface area contributed by atoms with Crippen molar-refractivity contribution in [2.45, 2.75) is 136 Å². The normalized spacial score (nSPS) is 15.6.